The van der Waals surface area contributed by atoms with Crippen molar-refractivity contribution in [1.82, 2.24) is 4.98 Å². The van der Waals surface area contributed by atoms with Crippen molar-refractivity contribution >= 4 is 28.4 Å². The van der Waals surface area contributed by atoms with Crippen molar-refractivity contribution in [3.63, 3.8) is 0 Å². The molecule has 9 nitrogen and oxygen atoms in total. The maximum Gasteiger partial charge on any atom is 0.302 e. The Balaban J connectivity index is 1.84. The van der Waals surface area contributed by atoms with Crippen LogP contribution in [0.25, 0.3) is 0 Å². The minimum absolute atomic E-state index is 0.124. The molecule has 0 saturated carbocycles. The Hall–Kier alpha value is -2.59. The number of nitro benzene ring substituents is 2. The number of thiazole rings is 1. The van der Waals surface area contributed by atoms with E-state index in [4.69, 9.17) is 0 Å². The highest BCUT2D eigenvalue weighted by atomic mass is 32.1. The Morgan fingerprint density at radius 2 is 2.00 bits per heavy atom. The van der Waals surface area contributed by atoms with Crippen LogP contribution in [0.1, 0.15) is 39.5 Å². The van der Waals surface area contributed by atoms with Gasteiger partial charge in [-0.2, -0.15) is 0 Å². The summed E-state index contributed by atoms with van der Waals surface area (Å²) in [7, 11) is 0. The number of aliphatic hydroxyl groups is 1. The van der Waals surface area contributed by atoms with E-state index in [2.05, 4.69) is 10.3 Å². The van der Waals surface area contributed by atoms with Gasteiger partial charge in [-0.25, -0.2) is 4.98 Å². The van der Waals surface area contributed by atoms with Gasteiger partial charge in [-0.1, -0.05) is 0 Å². The van der Waals surface area contributed by atoms with E-state index in [1.54, 1.807) is 11.3 Å². The smallest absolute Gasteiger partial charge is 0.302 e. The van der Waals surface area contributed by atoms with E-state index in [0.717, 1.165) is 30.0 Å². The third kappa shape index (κ3) is 3.91. The van der Waals surface area contributed by atoms with Gasteiger partial charge in [-0.15, -0.1) is 11.3 Å². The van der Waals surface area contributed by atoms with Gasteiger partial charge in [0, 0.05) is 29.5 Å². The van der Waals surface area contributed by atoms with E-state index in [9.17, 15) is 25.3 Å². The molecule has 2 aromatic rings. The quantitative estimate of drug-likeness (QED) is 0.546. The van der Waals surface area contributed by atoms with Gasteiger partial charge in [0.15, 0.2) is 5.69 Å². The molecule has 1 aromatic carbocycles. The zero-order valence-electron chi connectivity index (χ0n) is 14.9. The van der Waals surface area contributed by atoms with Crippen molar-refractivity contribution in [2.24, 2.45) is 0 Å². The Bertz CT molecular complexity index is 872. The van der Waals surface area contributed by atoms with Gasteiger partial charge in [-0.05, 0) is 38.2 Å². The first kappa shape index (κ1) is 19.2. The number of fused-ring (bicyclic) bond motifs is 1. The number of benzene rings is 1. The molecule has 1 aliphatic carbocycles. The lowest BCUT2D eigenvalue weighted by Gasteiger charge is -2.11. The lowest BCUT2D eigenvalue weighted by atomic mass is 10.0. The molecule has 1 aromatic heterocycles. The van der Waals surface area contributed by atoms with E-state index >= 15 is 0 Å². The molecule has 10 heteroatoms. The number of aryl methyl sites for hydroxylation is 2. The van der Waals surface area contributed by atoms with Crippen molar-refractivity contribution in [2.45, 2.75) is 45.6 Å². The van der Waals surface area contributed by atoms with Crippen LogP contribution in [0.5, 0.6) is 0 Å². The van der Waals surface area contributed by atoms with E-state index in [0.29, 0.717) is 13.0 Å². The van der Waals surface area contributed by atoms with Gasteiger partial charge < -0.3 is 10.4 Å². The minimum atomic E-state index is -0.671. The predicted molar refractivity (Wildman–Crippen MR) is 101 cm³/mol. The lowest BCUT2D eigenvalue weighted by molar-refractivity contribution is -0.392. The number of aromatic nitrogens is 1. The lowest BCUT2D eigenvalue weighted by Crippen LogP contribution is -2.11. The highest BCUT2D eigenvalue weighted by Gasteiger charge is 2.30. The van der Waals surface area contributed by atoms with Crippen LogP contribution in [0.3, 0.4) is 0 Å². The summed E-state index contributed by atoms with van der Waals surface area (Å²) in [5.41, 5.74) is 0.635. The first-order valence-electron chi connectivity index (χ1n) is 8.69. The van der Waals surface area contributed by atoms with Crippen LogP contribution < -0.4 is 5.32 Å². The van der Waals surface area contributed by atoms with Crippen LogP contribution in [0, 0.1) is 27.2 Å². The fourth-order valence-corrected chi connectivity index (χ4v) is 4.48. The van der Waals surface area contributed by atoms with Gasteiger partial charge in [0.1, 0.15) is 0 Å². The summed E-state index contributed by atoms with van der Waals surface area (Å²) in [5, 5.41) is 36.1. The Morgan fingerprint density at radius 3 is 2.63 bits per heavy atom. The number of anilines is 1. The van der Waals surface area contributed by atoms with E-state index < -0.39 is 22.1 Å². The molecular weight excluding hydrogens is 372 g/mol. The monoisotopic (exact) mass is 392 g/mol. The second-order valence-electron chi connectivity index (χ2n) is 6.44. The Labute approximate surface area is 159 Å². The fraction of sp³-hybridized carbons (Fsp3) is 0.471. The summed E-state index contributed by atoms with van der Waals surface area (Å²) < 4.78 is 0. The minimum Gasteiger partial charge on any atom is -0.392 e. The maximum atomic E-state index is 11.5. The molecule has 1 heterocycles. The van der Waals surface area contributed by atoms with Crippen molar-refractivity contribution in [3.8, 4) is 0 Å². The second-order valence-corrected chi connectivity index (χ2v) is 7.61. The number of rotatable bonds is 7. The van der Waals surface area contributed by atoms with Crippen molar-refractivity contribution in [3.05, 3.63) is 53.0 Å². The highest BCUT2D eigenvalue weighted by molar-refractivity contribution is 7.11. The molecule has 27 heavy (non-hydrogen) atoms. The summed E-state index contributed by atoms with van der Waals surface area (Å²) in [6.07, 6.45) is 4.87. The topological polar surface area (TPSA) is 131 Å². The molecule has 0 bridgehead atoms. The van der Waals surface area contributed by atoms with E-state index in [-0.39, 0.29) is 22.5 Å². The van der Waals surface area contributed by atoms with Gasteiger partial charge in [0.2, 0.25) is 0 Å². The molecule has 0 spiro atoms. The molecule has 0 aliphatic heterocycles. The van der Waals surface area contributed by atoms with Gasteiger partial charge in [0.05, 0.1) is 27.2 Å². The highest BCUT2D eigenvalue weighted by Crippen LogP contribution is 2.39. The van der Waals surface area contributed by atoms with E-state index in [1.165, 1.54) is 24.3 Å². The SMILES string of the molecule is Cc1c(CO)cc([N+](=O)[O-])c(NCCc2nc3c(s2)CCCC3)c1[N+](=O)[O-]. The Morgan fingerprint density at radius 1 is 1.26 bits per heavy atom. The zero-order chi connectivity index (χ0) is 19.6. The molecule has 0 unspecified atom stereocenters. The molecule has 144 valence electrons. The van der Waals surface area contributed by atoms with Crippen LogP contribution in [0.4, 0.5) is 17.1 Å². The number of nitrogens with zero attached hydrogens (tertiary/aromatic N) is 3. The number of hydrogen-bond acceptors (Lipinski definition) is 8. The molecule has 0 fully saturated rings. The van der Waals surface area contributed by atoms with Gasteiger partial charge >= 0.3 is 5.69 Å². The van der Waals surface area contributed by atoms with Crippen molar-refractivity contribution in [2.75, 3.05) is 11.9 Å². The average molecular weight is 392 g/mol. The first-order chi connectivity index (χ1) is 12.9. The first-order valence-corrected chi connectivity index (χ1v) is 9.51. The summed E-state index contributed by atoms with van der Waals surface area (Å²) >= 11 is 1.65. The normalized spacial score (nSPS) is 13.3. The molecule has 1 aliphatic rings. The van der Waals surface area contributed by atoms with Crippen LogP contribution in [0.2, 0.25) is 0 Å². The van der Waals surface area contributed by atoms with Crippen LogP contribution in [-0.4, -0.2) is 26.5 Å². The molecule has 2 N–H and O–H groups in total. The number of nitrogens with one attached hydrogen (secondary N) is 1. The summed E-state index contributed by atoms with van der Waals surface area (Å²) in [6.45, 7) is 1.28. The number of aliphatic hydroxyl groups excluding tert-OH is 1. The standard InChI is InChI=1S/C17H20N4O5S/c1-10-11(9-22)8-13(20(23)24)16(17(10)21(25)26)18-7-6-15-19-12-4-2-3-5-14(12)27-15/h8,18,22H,2-7,9H2,1H3. The largest absolute Gasteiger partial charge is 0.392 e. The Kier molecular flexibility index (Phi) is 5.66. The molecule has 3 rings (SSSR count). The number of nitro groups is 2. The van der Waals surface area contributed by atoms with Gasteiger partial charge in [0.25, 0.3) is 5.69 Å². The molecule has 0 saturated heterocycles. The van der Waals surface area contributed by atoms with Crippen LogP contribution >= 0.6 is 11.3 Å². The predicted octanol–water partition coefficient (Wildman–Crippen LogP) is 3.29. The molecule has 0 radical (unpaired) electrons. The average Bonchev–Trinajstić information content (AvgIpc) is 3.04. The second kappa shape index (κ2) is 7.97. The fourth-order valence-electron chi connectivity index (χ4n) is 3.32. The van der Waals surface area contributed by atoms with Gasteiger partial charge in [-0.3, -0.25) is 20.2 Å². The van der Waals surface area contributed by atoms with Crippen molar-refractivity contribution in [1.29, 1.82) is 0 Å². The van der Waals surface area contributed by atoms with Crippen LogP contribution in [0.15, 0.2) is 6.07 Å². The summed E-state index contributed by atoms with van der Waals surface area (Å²) in [5.74, 6) is 0. The number of hydrogen-bond donors (Lipinski definition) is 2. The maximum absolute atomic E-state index is 11.5. The molecule has 0 amide bonds. The van der Waals surface area contributed by atoms with E-state index in [1.807, 2.05) is 0 Å². The summed E-state index contributed by atoms with van der Waals surface area (Å²) in [6, 6.07) is 1.19. The third-order valence-corrected chi connectivity index (χ3v) is 5.94. The third-order valence-electron chi connectivity index (χ3n) is 4.72. The molecule has 0 atom stereocenters. The zero-order valence-corrected chi connectivity index (χ0v) is 15.7. The summed E-state index contributed by atoms with van der Waals surface area (Å²) in [4.78, 5) is 27.5. The van der Waals surface area contributed by atoms with Crippen LogP contribution in [-0.2, 0) is 25.9 Å². The van der Waals surface area contributed by atoms with Crippen molar-refractivity contribution < 1.29 is 15.0 Å². The molecular formula is C17H20N4O5S.